The second-order valence-corrected chi connectivity index (χ2v) is 8.13. The molecular weight excluding hydrogens is 448 g/mol. The monoisotopic (exact) mass is 486 g/mol. The van der Waals surface area contributed by atoms with Crippen molar-refractivity contribution in [1.82, 2.24) is 0 Å². The summed E-state index contributed by atoms with van der Waals surface area (Å²) in [4.78, 5) is 32.4. The van der Waals surface area contributed by atoms with Crippen LogP contribution in [0.5, 0.6) is 0 Å². The predicted octanol–water partition coefficient (Wildman–Crippen LogP) is 5.89. The molecule has 0 saturated carbocycles. The first kappa shape index (κ1) is 31.6. The summed E-state index contributed by atoms with van der Waals surface area (Å²) in [6.07, 6.45) is 22.6. The van der Waals surface area contributed by atoms with Crippen molar-refractivity contribution in [2.45, 2.75) is 59.0 Å². The molecule has 0 heterocycles. The third kappa shape index (κ3) is 17.7. The fraction of sp³-hybridized carbons (Fsp3) is 0.393. The predicted molar refractivity (Wildman–Crippen MR) is 138 cm³/mol. The Labute approximate surface area is 208 Å². The molecule has 7 nitrogen and oxygen atoms in total. The van der Waals surface area contributed by atoms with Gasteiger partial charge >= 0.3 is 17.9 Å². The van der Waals surface area contributed by atoms with E-state index in [0.717, 1.165) is 30.9 Å². The highest BCUT2D eigenvalue weighted by Crippen LogP contribution is 2.12. The standard InChI is InChI=1S/C28H38O7/c1-21(15-18-24(19-26(29)30)20-27(31)32)13-11-9-7-5-6-8-10-12-14-25(35-4)22(2)16-17-23(3)28(33)34/h6,8-12,15-19,21,25H,5,7,13-14,20H2,1-4H3,(H,29,30)(H,31,32)(H,33,34)/b8-6+,11-9+,12-10+,18-15+,22-16+,23-17+,24-19-/t21-,25+/m0/s1. The van der Waals surface area contributed by atoms with E-state index >= 15 is 0 Å². The molecule has 0 aliphatic heterocycles. The van der Waals surface area contributed by atoms with Gasteiger partial charge in [-0.25, -0.2) is 9.59 Å². The first-order chi connectivity index (χ1) is 16.6. The van der Waals surface area contributed by atoms with Crippen molar-refractivity contribution >= 4 is 17.9 Å². The van der Waals surface area contributed by atoms with E-state index in [1.807, 2.05) is 38.2 Å². The summed E-state index contributed by atoms with van der Waals surface area (Å²) in [6.45, 7) is 5.44. The van der Waals surface area contributed by atoms with Crippen molar-refractivity contribution < 1.29 is 34.4 Å². The zero-order chi connectivity index (χ0) is 26.6. The lowest BCUT2D eigenvalue weighted by molar-refractivity contribution is -0.136. The van der Waals surface area contributed by atoms with Crippen LogP contribution < -0.4 is 0 Å². The molecule has 35 heavy (non-hydrogen) atoms. The molecule has 0 aromatic carbocycles. The Kier molecular flexibility index (Phi) is 17.1. The SMILES string of the molecule is CO[C@H](C/C=C/C=C/CC/C=C/C[C@H](C)/C=C/C(=C/C(=O)O)CC(=O)O)/C(C)=C/C=C(\C)C(=O)O. The van der Waals surface area contributed by atoms with Gasteiger partial charge < -0.3 is 20.1 Å². The number of carboxylic acid groups (broad SMARTS) is 3. The van der Waals surface area contributed by atoms with Crippen LogP contribution in [0.3, 0.4) is 0 Å². The van der Waals surface area contributed by atoms with Crippen LogP contribution in [0.1, 0.15) is 52.9 Å². The molecule has 0 aromatic heterocycles. The van der Waals surface area contributed by atoms with Crippen LogP contribution in [0.15, 0.2) is 83.6 Å². The summed E-state index contributed by atoms with van der Waals surface area (Å²) in [6, 6.07) is 0. The highest BCUT2D eigenvalue weighted by molar-refractivity contribution is 5.86. The number of allylic oxidation sites excluding steroid dienone is 9. The highest BCUT2D eigenvalue weighted by atomic mass is 16.5. The van der Waals surface area contributed by atoms with Gasteiger partial charge in [-0.3, -0.25) is 4.79 Å². The second kappa shape index (κ2) is 18.9. The van der Waals surface area contributed by atoms with Crippen LogP contribution in [-0.4, -0.2) is 46.4 Å². The number of ether oxygens (including phenoxy) is 1. The maximum atomic E-state index is 10.9. The first-order valence-electron chi connectivity index (χ1n) is 11.5. The van der Waals surface area contributed by atoms with Crippen molar-refractivity contribution in [1.29, 1.82) is 0 Å². The minimum absolute atomic E-state index is 0.115. The number of carboxylic acids is 3. The Hall–Kier alpha value is -3.45. The minimum atomic E-state index is -1.16. The van der Waals surface area contributed by atoms with E-state index < -0.39 is 17.9 Å². The molecule has 2 atom stereocenters. The summed E-state index contributed by atoms with van der Waals surface area (Å²) in [7, 11) is 1.63. The van der Waals surface area contributed by atoms with Gasteiger partial charge in [0.05, 0.1) is 12.5 Å². The average Bonchev–Trinajstić information content (AvgIpc) is 2.78. The number of aliphatic carboxylic acids is 3. The summed E-state index contributed by atoms with van der Waals surface area (Å²) in [5.74, 6) is -3.01. The van der Waals surface area contributed by atoms with Gasteiger partial charge in [0, 0.05) is 18.8 Å². The lowest BCUT2D eigenvalue weighted by Crippen LogP contribution is -2.10. The molecule has 0 aliphatic rings. The zero-order valence-electron chi connectivity index (χ0n) is 21.0. The van der Waals surface area contributed by atoms with Gasteiger partial charge in [0.1, 0.15) is 0 Å². The number of hydrogen-bond acceptors (Lipinski definition) is 4. The third-order valence-electron chi connectivity index (χ3n) is 4.94. The largest absolute Gasteiger partial charge is 0.481 e. The van der Waals surface area contributed by atoms with Gasteiger partial charge in [0.2, 0.25) is 0 Å². The third-order valence-corrected chi connectivity index (χ3v) is 4.94. The van der Waals surface area contributed by atoms with Crippen molar-refractivity contribution in [2.24, 2.45) is 5.92 Å². The summed E-state index contributed by atoms with van der Waals surface area (Å²) >= 11 is 0. The molecule has 0 saturated heterocycles. The molecule has 7 heteroatoms. The Morgan fingerprint density at radius 2 is 1.54 bits per heavy atom. The molecule has 0 rings (SSSR count). The molecule has 0 aliphatic carbocycles. The highest BCUT2D eigenvalue weighted by Gasteiger charge is 2.07. The van der Waals surface area contributed by atoms with Crippen molar-refractivity contribution in [3.8, 4) is 0 Å². The van der Waals surface area contributed by atoms with Crippen molar-refractivity contribution in [2.75, 3.05) is 7.11 Å². The van der Waals surface area contributed by atoms with Crippen LogP contribution in [0.25, 0.3) is 0 Å². The van der Waals surface area contributed by atoms with Crippen LogP contribution in [0, 0.1) is 5.92 Å². The molecule has 0 bridgehead atoms. The lowest BCUT2D eigenvalue weighted by atomic mass is 10.0. The normalized spacial score (nSPS) is 15.5. The number of hydrogen-bond donors (Lipinski definition) is 3. The topological polar surface area (TPSA) is 121 Å². The van der Waals surface area contributed by atoms with Crippen LogP contribution >= 0.6 is 0 Å². The van der Waals surface area contributed by atoms with E-state index in [9.17, 15) is 14.4 Å². The summed E-state index contributed by atoms with van der Waals surface area (Å²) < 4.78 is 5.47. The van der Waals surface area contributed by atoms with Gasteiger partial charge in [-0.05, 0) is 56.6 Å². The molecule has 192 valence electrons. The van der Waals surface area contributed by atoms with E-state index in [4.69, 9.17) is 20.1 Å². The van der Waals surface area contributed by atoms with Crippen LogP contribution in [0.2, 0.25) is 0 Å². The van der Waals surface area contributed by atoms with Crippen molar-refractivity contribution in [3.05, 3.63) is 83.6 Å². The van der Waals surface area contributed by atoms with Crippen LogP contribution in [-0.2, 0) is 19.1 Å². The Bertz CT molecular complexity index is 898. The van der Waals surface area contributed by atoms with Gasteiger partial charge in [-0.15, -0.1) is 0 Å². The molecule has 0 spiro atoms. The van der Waals surface area contributed by atoms with E-state index in [0.29, 0.717) is 6.42 Å². The fourth-order valence-electron chi connectivity index (χ4n) is 2.84. The molecule has 0 radical (unpaired) electrons. The molecule has 0 aromatic rings. The van der Waals surface area contributed by atoms with E-state index in [-0.39, 0.29) is 29.6 Å². The van der Waals surface area contributed by atoms with Crippen molar-refractivity contribution in [3.63, 3.8) is 0 Å². The van der Waals surface area contributed by atoms with Gasteiger partial charge in [-0.2, -0.15) is 0 Å². The minimum Gasteiger partial charge on any atom is -0.481 e. The summed E-state index contributed by atoms with van der Waals surface area (Å²) in [5, 5.41) is 26.6. The smallest absolute Gasteiger partial charge is 0.331 e. The van der Waals surface area contributed by atoms with E-state index in [1.165, 1.54) is 0 Å². The van der Waals surface area contributed by atoms with Gasteiger partial charge in [-0.1, -0.05) is 67.7 Å². The molecule has 0 amide bonds. The number of methoxy groups -OCH3 is 1. The van der Waals surface area contributed by atoms with Gasteiger partial charge in [0.25, 0.3) is 0 Å². The Morgan fingerprint density at radius 1 is 0.886 bits per heavy atom. The quantitative estimate of drug-likeness (QED) is 0.101. The molecule has 3 N–H and O–H groups in total. The lowest BCUT2D eigenvalue weighted by Gasteiger charge is -2.13. The Morgan fingerprint density at radius 3 is 2.14 bits per heavy atom. The fourth-order valence-corrected chi connectivity index (χ4v) is 2.84. The second-order valence-electron chi connectivity index (χ2n) is 8.13. The number of rotatable bonds is 17. The number of carbonyl (C=O) groups is 3. The first-order valence-corrected chi connectivity index (χ1v) is 11.5. The van der Waals surface area contributed by atoms with Gasteiger partial charge in [0.15, 0.2) is 0 Å². The molecule has 0 fully saturated rings. The molecular formula is C28H38O7. The maximum absolute atomic E-state index is 10.9. The Balaban J connectivity index is 4.41. The van der Waals surface area contributed by atoms with E-state index in [2.05, 4.69) is 18.2 Å². The average molecular weight is 487 g/mol. The number of unbranched alkanes of at least 4 members (excludes halogenated alkanes) is 1. The van der Waals surface area contributed by atoms with Crippen LogP contribution in [0.4, 0.5) is 0 Å². The summed E-state index contributed by atoms with van der Waals surface area (Å²) in [5.41, 5.74) is 1.48. The zero-order valence-corrected chi connectivity index (χ0v) is 21.0. The maximum Gasteiger partial charge on any atom is 0.331 e. The molecule has 0 unspecified atom stereocenters. The van der Waals surface area contributed by atoms with E-state index in [1.54, 1.807) is 32.3 Å².